The molecule has 0 aliphatic carbocycles. The third-order valence-corrected chi connectivity index (χ3v) is 3.71. The number of nitrogens with zero attached hydrogens (tertiary/aromatic N) is 1. The van der Waals surface area contributed by atoms with Gasteiger partial charge in [0.15, 0.2) is 17.3 Å². The van der Waals surface area contributed by atoms with Crippen LogP contribution in [0.15, 0.2) is 21.3 Å². The van der Waals surface area contributed by atoms with Gasteiger partial charge in [0.2, 0.25) is 5.91 Å². The average molecular weight is 369 g/mol. The predicted octanol–water partition coefficient (Wildman–Crippen LogP) is 1.26. The lowest BCUT2D eigenvalue weighted by Gasteiger charge is -2.11. The minimum absolute atomic E-state index is 0. The van der Waals surface area contributed by atoms with E-state index in [1.165, 1.54) is 12.1 Å². The normalized spacial score (nSPS) is 10.6. The Balaban J connectivity index is 0.00000312. The maximum atomic E-state index is 12.6. The van der Waals surface area contributed by atoms with Crippen molar-refractivity contribution in [2.75, 3.05) is 27.2 Å². The molecule has 0 spiro atoms. The number of phenols is 1. The van der Waals surface area contributed by atoms with E-state index in [0.717, 1.165) is 0 Å². The van der Waals surface area contributed by atoms with Gasteiger partial charge < -0.3 is 19.7 Å². The monoisotopic (exact) mass is 368 g/mol. The number of carbonyl (C=O) groups is 2. The van der Waals surface area contributed by atoms with Gasteiger partial charge in [-0.05, 0) is 33.2 Å². The number of aryl methyl sites for hydroxylation is 1. The molecule has 0 saturated heterocycles. The molecular formula is C17H21ClN2O5. The number of nitrogens with one attached hydrogen (secondary N) is 1. The molecule has 8 heteroatoms. The molecule has 136 valence electrons. The fourth-order valence-corrected chi connectivity index (χ4v) is 2.38. The van der Waals surface area contributed by atoms with Crippen LogP contribution in [0.5, 0.6) is 5.75 Å². The molecule has 0 aliphatic heterocycles. The van der Waals surface area contributed by atoms with Crippen LogP contribution in [0.3, 0.4) is 0 Å². The number of hydrogen-bond donors (Lipinski definition) is 2. The number of amides is 1. The lowest BCUT2D eigenvalue weighted by Crippen LogP contribution is -2.33. The van der Waals surface area contributed by atoms with Gasteiger partial charge in [0, 0.05) is 18.7 Å². The molecule has 2 N–H and O–H groups in total. The zero-order valence-electron chi connectivity index (χ0n) is 14.3. The molecule has 7 nitrogen and oxygen atoms in total. The Labute approximate surface area is 151 Å². The molecule has 0 atom stereocenters. The first kappa shape index (κ1) is 20.7. The van der Waals surface area contributed by atoms with Crippen molar-refractivity contribution in [2.24, 2.45) is 0 Å². The van der Waals surface area contributed by atoms with Gasteiger partial charge in [0.05, 0.1) is 17.4 Å². The second-order valence-electron chi connectivity index (χ2n) is 5.79. The van der Waals surface area contributed by atoms with E-state index in [1.54, 1.807) is 6.92 Å². The van der Waals surface area contributed by atoms with Crippen LogP contribution in [0.1, 0.15) is 21.7 Å². The number of rotatable bonds is 6. The standard InChI is InChI=1S/C17H20N2O5.ClH/c1-10-12(8-15(22)18-6-7-19(2)3)16(23)11-4-5-14(21)13(9-20)17(11)24-10;/h4-5,9,21H,6-8H2,1-3H3,(H,18,22);1H. The molecule has 0 saturated carbocycles. The number of benzene rings is 1. The summed E-state index contributed by atoms with van der Waals surface area (Å²) in [6.45, 7) is 2.73. The molecule has 2 rings (SSSR count). The first-order chi connectivity index (χ1) is 11.3. The van der Waals surface area contributed by atoms with Gasteiger partial charge in [0.25, 0.3) is 0 Å². The summed E-state index contributed by atoms with van der Waals surface area (Å²) in [5, 5.41) is 12.6. The maximum Gasteiger partial charge on any atom is 0.224 e. The van der Waals surface area contributed by atoms with Gasteiger partial charge in [0.1, 0.15) is 11.5 Å². The van der Waals surface area contributed by atoms with E-state index in [0.29, 0.717) is 19.4 Å². The molecule has 0 unspecified atom stereocenters. The van der Waals surface area contributed by atoms with Crippen LogP contribution >= 0.6 is 12.4 Å². The number of fused-ring (bicyclic) bond motifs is 1. The van der Waals surface area contributed by atoms with Crippen molar-refractivity contribution in [3.8, 4) is 5.75 Å². The predicted molar refractivity (Wildman–Crippen MR) is 96.8 cm³/mol. The van der Waals surface area contributed by atoms with Gasteiger partial charge in [-0.2, -0.15) is 0 Å². The number of likely N-dealkylation sites (N-methyl/N-ethyl adjacent to an activating group) is 1. The third kappa shape index (κ3) is 4.58. The highest BCUT2D eigenvalue weighted by Crippen LogP contribution is 2.25. The summed E-state index contributed by atoms with van der Waals surface area (Å²) in [6.07, 6.45) is 0.336. The van der Waals surface area contributed by atoms with Crippen LogP contribution in [0.4, 0.5) is 0 Å². The molecule has 25 heavy (non-hydrogen) atoms. The second-order valence-corrected chi connectivity index (χ2v) is 5.79. The topological polar surface area (TPSA) is 99.8 Å². The zero-order chi connectivity index (χ0) is 17.9. The SMILES string of the molecule is Cc1oc2c(C=O)c(O)ccc2c(=O)c1CC(=O)NCCN(C)C.Cl. The van der Waals surface area contributed by atoms with Gasteiger partial charge in [-0.3, -0.25) is 14.4 Å². The summed E-state index contributed by atoms with van der Waals surface area (Å²) in [6, 6.07) is 2.65. The lowest BCUT2D eigenvalue weighted by molar-refractivity contribution is -0.120. The molecule has 1 aromatic heterocycles. The van der Waals surface area contributed by atoms with Gasteiger partial charge >= 0.3 is 0 Å². The van der Waals surface area contributed by atoms with E-state index in [-0.39, 0.29) is 63.8 Å². The van der Waals surface area contributed by atoms with Crippen LogP contribution < -0.4 is 10.7 Å². The Morgan fingerprint density at radius 1 is 1.36 bits per heavy atom. The Kier molecular flexibility index (Phi) is 7.14. The minimum atomic E-state index is -0.375. The first-order valence-corrected chi connectivity index (χ1v) is 7.50. The molecule has 2 aromatic rings. The highest BCUT2D eigenvalue weighted by Gasteiger charge is 2.18. The Bertz CT molecular complexity index is 845. The quantitative estimate of drug-likeness (QED) is 0.745. The number of hydrogen-bond acceptors (Lipinski definition) is 6. The molecule has 0 radical (unpaired) electrons. The van der Waals surface area contributed by atoms with E-state index in [9.17, 15) is 19.5 Å². The van der Waals surface area contributed by atoms with Gasteiger partial charge in [-0.25, -0.2) is 0 Å². The van der Waals surface area contributed by atoms with Gasteiger partial charge in [-0.1, -0.05) is 0 Å². The van der Waals surface area contributed by atoms with Crippen LogP contribution in [0.2, 0.25) is 0 Å². The number of halogens is 1. The third-order valence-electron chi connectivity index (χ3n) is 3.71. The van der Waals surface area contributed by atoms with Crippen molar-refractivity contribution >= 4 is 35.6 Å². The average Bonchev–Trinajstić information content (AvgIpc) is 2.51. The summed E-state index contributed by atoms with van der Waals surface area (Å²) < 4.78 is 5.54. The van der Waals surface area contributed by atoms with Crippen molar-refractivity contribution in [1.82, 2.24) is 10.2 Å². The highest BCUT2D eigenvalue weighted by molar-refractivity contribution is 5.97. The Hall–Kier alpha value is -2.38. The van der Waals surface area contributed by atoms with E-state index in [4.69, 9.17) is 4.42 Å². The minimum Gasteiger partial charge on any atom is -0.507 e. The van der Waals surface area contributed by atoms with Gasteiger partial charge in [-0.15, -0.1) is 12.4 Å². The van der Waals surface area contributed by atoms with Crippen LogP contribution in [-0.4, -0.2) is 49.4 Å². The molecule has 1 aromatic carbocycles. The van der Waals surface area contributed by atoms with Crippen LogP contribution in [0, 0.1) is 6.92 Å². The number of phenolic OH excluding ortho intramolecular Hbond substituents is 1. The molecule has 1 heterocycles. The highest BCUT2D eigenvalue weighted by atomic mass is 35.5. The molecule has 1 amide bonds. The molecule has 0 bridgehead atoms. The zero-order valence-corrected chi connectivity index (χ0v) is 15.1. The second kappa shape index (κ2) is 8.64. The van der Waals surface area contributed by atoms with E-state index < -0.39 is 0 Å². The van der Waals surface area contributed by atoms with E-state index in [1.807, 2.05) is 19.0 Å². The summed E-state index contributed by atoms with van der Waals surface area (Å²) in [5.74, 6) is -0.279. The van der Waals surface area contributed by atoms with Crippen molar-refractivity contribution in [1.29, 1.82) is 0 Å². The number of aromatic hydroxyl groups is 1. The number of aldehydes is 1. The van der Waals surface area contributed by atoms with E-state index in [2.05, 4.69) is 5.32 Å². The fraction of sp³-hybridized carbons (Fsp3) is 0.353. The summed E-state index contributed by atoms with van der Waals surface area (Å²) in [5.41, 5.74) is -0.175. The lowest BCUT2D eigenvalue weighted by atomic mass is 10.0. The van der Waals surface area contributed by atoms with Crippen molar-refractivity contribution < 1.29 is 19.1 Å². The maximum absolute atomic E-state index is 12.6. The summed E-state index contributed by atoms with van der Waals surface area (Å²) >= 11 is 0. The molecular weight excluding hydrogens is 348 g/mol. The van der Waals surface area contributed by atoms with E-state index >= 15 is 0 Å². The van der Waals surface area contributed by atoms with Crippen molar-refractivity contribution in [2.45, 2.75) is 13.3 Å². The smallest absolute Gasteiger partial charge is 0.224 e. The van der Waals surface area contributed by atoms with Crippen molar-refractivity contribution in [3.05, 3.63) is 39.2 Å². The van der Waals surface area contributed by atoms with Crippen LogP contribution in [0.25, 0.3) is 11.0 Å². The number of carbonyl (C=O) groups excluding carboxylic acids is 2. The summed E-state index contributed by atoms with van der Waals surface area (Å²) in [4.78, 5) is 37.6. The van der Waals surface area contributed by atoms with Crippen molar-refractivity contribution in [3.63, 3.8) is 0 Å². The molecule has 0 aliphatic rings. The largest absolute Gasteiger partial charge is 0.507 e. The molecule has 0 fully saturated rings. The Morgan fingerprint density at radius 2 is 2.04 bits per heavy atom. The Morgan fingerprint density at radius 3 is 2.64 bits per heavy atom. The fourth-order valence-electron chi connectivity index (χ4n) is 2.38. The summed E-state index contributed by atoms with van der Waals surface area (Å²) in [7, 11) is 3.79. The van der Waals surface area contributed by atoms with Crippen LogP contribution in [-0.2, 0) is 11.2 Å². The first-order valence-electron chi connectivity index (χ1n) is 7.50.